The minimum absolute atomic E-state index is 0.0183. The molecule has 2 saturated heterocycles. The van der Waals surface area contributed by atoms with E-state index < -0.39 is 90.0 Å². The van der Waals surface area contributed by atoms with Gasteiger partial charge in [-0.05, 0) is 107 Å². The summed E-state index contributed by atoms with van der Waals surface area (Å²) in [6, 6.07) is -1.15. The molecule has 0 aromatic rings. The lowest BCUT2D eigenvalue weighted by molar-refractivity contribution is -0.265. The fourth-order valence-corrected chi connectivity index (χ4v) is 10.3. The highest BCUT2D eigenvalue weighted by atomic mass is 16.6. The first kappa shape index (κ1) is 54.5. The SMILES string of the molecule is CO[C@H]1C[C@@H]2CC[C@@H](C)[C@@](O)(O2)C(=O)C(=O)N2CCCC[C@H]2C(=O)O[C@H](C[C@H](O)[C@H](C)C[C@@H]2CC[C@@H](O)[C@H](OC)C2)[C@H](C)/C=C(\C)[C@@H](O)[C@@H](OC)C(=O)[C@H](C)C[C@H](C)/C=C/C=C/C=C/1C. The number of hydrogen-bond acceptors (Lipinski definition) is 13. The molecule has 14 nitrogen and oxygen atoms in total. The molecule has 368 valence electrons. The number of methoxy groups -OCH3 is 3. The Hall–Kier alpha value is -3.08. The second kappa shape index (κ2) is 25.3. The second-order valence-electron chi connectivity index (χ2n) is 19.8. The van der Waals surface area contributed by atoms with E-state index in [4.69, 9.17) is 23.7 Å². The lowest BCUT2D eigenvalue weighted by atomic mass is 9.78. The third-order valence-corrected chi connectivity index (χ3v) is 14.7. The smallest absolute Gasteiger partial charge is 0.329 e. The molecule has 4 N–H and O–H groups in total. The number of carbonyl (C=O) groups excluding carboxylic acids is 4. The minimum Gasteiger partial charge on any atom is -0.460 e. The van der Waals surface area contributed by atoms with Gasteiger partial charge in [-0.1, -0.05) is 71.1 Å². The van der Waals surface area contributed by atoms with Crippen LogP contribution < -0.4 is 0 Å². The van der Waals surface area contributed by atoms with Crippen LogP contribution in [0.4, 0.5) is 0 Å². The van der Waals surface area contributed by atoms with Gasteiger partial charge >= 0.3 is 5.97 Å². The fourth-order valence-electron chi connectivity index (χ4n) is 10.3. The van der Waals surface area contributed by atoms with Crippen LogP contribution in [0.2, 0.25) is 0 Å². The van der Waals surface area contributed by atoms with E-state index in [0.717, 1.165) is 12.0 Å². The van der Waals surface area contributed by atoms with Gasteiger partial charge in [-0.15, -0.1) is 0 Å². The molecular weight excluding hydrogens is 835 g/mol. The molecule has 4 rings (SSSR count). The molecule has 16 atom stereocenters. The van der Waals surface area contributed by atoms with E-state index in [9.17, 15) is 39.6 Å². The molecular formula is C51H81NO13. The van der Waals surface area contributed by atoms with Gasteiger partial charge in [0.15, 0.2) is 5.78 Å². The second-order valence-corrected chi connectivity index (χ2v) is 19.8. The predicted octanol–water partition coefficient (Wildman–Crippen LogP) is 5.97. The molecule has 1 saturated carbocycles. The Morgan fingerprint density at radius 3 is 2.25 bits per heavy atom. The number of rotatable bonds is 8. The van der Waals surface area contributed by atoms with Crippen LogP contribution in [0.5, 0.6) is 0 Å². The number of nitrogens with zero attached hydrogens (tertiary/aromatic N) is 1. The molecule has 3 aliphatic heterocycles. The molecule has 65 heavy (non-hydrogen) atoms. The van der Waals surface area contributed by atoms with Gasteiger partial charge in [-0.25, -0.2) is 4.79 Å². The lowest BCUT2D eigenvalue weighted by Crippen LogP contribution is -2.61. The monoisotopic (exact) mass is 916 g/mol. The third-order valence-electron chi connectivity index (χ3n) is 14.7. The number of allylic oxidation sites excluding steroid dienone is 5. The number of ketones is 2. The maximum absolute atomic E-state index is 14.4. The topological polar surface area (TPSA) is 199 Å². The quantitative estimate of drug-likeness (QED) is 0.126. The minimum atomic E-state index is -2.42. The van der Waals surface area contributed by atoms with E-state index in [1.807, 2.05) is 58.1 Å². The van der Waals surface area contributed by atoms with Gasteiger partial charge in [0.2, 0.25) is 5.79 Å². The Bertz CT molecular complexity index is 1710. The number of amides is 1. The summed E-state index contributed by atoms with van der Waals surface area (Å²) in [7, 11) is 4.55. The summed E-state index contributed by atoms with van der Waals surface area (Å²) in [5, 5.41) is 45.7. The fraction of sp³-hybridized carbons (Fsp3) is 0.765. The van der Waals surface area contributed by atoms with Gasteiger partial charge in [0.05, 0.1) is 30.5 Å². The summed E-state index contributed by atoms with van der Waals surface area (Å²) in [5.41, 5.74) is 1.31. The molecule has 0 radical (unpaired) electrons. The first-order valence-electron chi connectivity index (χ1n) is 24.1. The number of piperidine rings is 1. The summed E-state index contributed by atoms with van der Waals surface area (Å²) >= 11 is 0. The van der Waals surface area contributed by atoms with Crippen molar-refractivity contribution in [3.8, 4) is 0 Å². The van der Waals surface area contributed by atoms with Crippen molar-refractivity contribution in [1.29, 1.82) is 0 Å². The van der Waals surface area contributed by atoms with Crippen LogP contribution >= 0.6 is 0 Å². The number of ether oxygens (including phenoxy) is 5. The number of esters is 1. The van der Waals surface area contributed by atoms with Crippen LogP contribution in [0.15, 0.2) is 47.6 Å². The molecule has 0 aromatic carbocycles. The zero-order chi connectivity index (χ0) is 48.2. The number of fused-ring (bicyclic) bond motifs is 3. The molecule has 3 heterocycles. The molecule has 1 amide bonds. The third kappa shape index (κ3) is 14.5. The zero-order valence-electron chi connectivity index (χ0n) is 40.7. The van der Waals surface area contributed by atoms with Crippen molar-refractivity contribution in [2.24, 2.45) is 35.5 Å². The van der Waals surface area contributed by atoms with Gasteiger partial charge in [-0.3, -0.25) is 14.4 Å². The lowest BCUT2D eigenvalue weighted by Gasteiger charge is -2.42. The van der Waals surface area contributed by atoms with E-state index in [-0.39, 0.29) is 49.0 Å². The number of aliphatic hydroxyl groups is 4. The van der Waals surface area contributed by atoms with Crippen LogP contribution in [0, 0.1) is 35.5 Å². The van der Waals surface area contributed by atoms with Crippen molar-refractivity contribution in [2.75, 3.05) is 27.9 Å². The first-order valence-corrected chi connectivity index (χ1v) is 24.1. The summed E-state index contributed by atoms with van der Waals surface area (Å²) in [6.45, 7) is 12.9. The highest BCUT2D eigenvalue weighted by molar-refractivity contribution is 6.39. The number of aliphatic hydroxyl groups excluding tert-OH is 3. The molecule has 14 heteroatoms. The standard InChI is InChI=1S/C51H81NO13/c1-30-16-12-11-13-17-31(2)42(61-8)28-38-21-19-36(7)51(60,65-38)48(57)49(58)52-23-15-14-18-39(52)50(59)64-43(29-41(54)32(3)26-37-20-22-40(53)44(27-37)62-9)33(4)25-35(6)46(56)47(63-10)45(55)34(5)24-30/h11-13,16-17,25,30,32-34,36-44,46-47,53-54,56,60H,14-15,18-24,26-29H2,1-10H3/b13-11+,16-12+,31-17+,35-25+/t30-,32-,33-,34-,36-,37+,38+,39+,40-,41+,42+,43-,44-,46-,47+,51-/m1/s1. The van der Waals surface area contributed by atoms with Crippen LogP contribution in [0.1, 0.15) is 126 Å². The van der Waals surface area contributed by atoms with Crippen LogP contribution in [0.25, 0.3) is 0 Å². The van der Waals surface area contributed by atoms with Crippen molar-refractivity contribution in [3.05, 3.63) is 47.6 Å². The van der Waals surface area contributed by atoms with Crippen molar-refractivity contribution >= 4 is 23.4 Å². The molecule has 3 fully saturated rings. The zero-order valence-corrected chi connectivity index (χ0v) is 40.7. The molecule has 4 aliphatic rings. The van der Waals surface area contributed by atoms with E-state index in [1.54, 1.807) is 41.1 Å². The van der Waals surface area contributed by atoms with Crippen LogP contribution in [-0.2, 0) is 42.9 Å². The Balaban J connectivity index is 1.70. The van der Waals surface area contributed by atoms with Crippen molar-refractivity contribution < 1.29 is 63.3 Å². The Labute approximate surface area is 387 Å². The van der Waals surface area contributed by atoms with Crippen LogP contribution in [0.3, 0.4) is 0 Å². The Morgan fingerprint density at radius 2 is 1.57 bits per heavy atom. The van der Waals surface area contributed by atoms with Gasteiger partial charge in [-0.2, -0.15) is 0 Å². The Morgan fingerprint density at radius 1 is 0.846 bits per heavy atom. The van der Waals surface area contributed by atoms with Gasteiger partial charge < -0.3 is 49.0 Å². The van der Waals surface area contributed by atoms with Crippen LogP contribution in [-0.4, -0.2) is 137 Å². The predicted molar refractivity (Wildman–Crippen MR) is 246 cm³/mol. The largest absolute Gasteiger partial charge is 0.460 e. The van der Waals surface area contributed by atoms with Crippen molar-refractivity contribution in [3.63, 3.8) is 0 Å². The average Bonchev–Trinajstić information content (AvgIpc) is 3.28. The molecule has 1 aliphatic carbocycles. The van der Waals surface area contributed by atoms with Gasteiger partial charge in [0.25, 0.3) is 11.7 Å². The summed E-state index contributed by atoms with van der Waals surface area (Å²) in [4.78, 5) is 57.9. The van der Waals surface area contributed by atoms with Gasteiger partial charge in [0.1, 0.15) is 24.4 Å². The van der Waals surface area contributed by atoms with Crippen molar-refractivity contribution in [2.45, 2.75) is 186 Å². The summed E-state index contributed by atoms with van der Waals surface area (Å²) < 4.78 is 29.4. The molecule has 2 bridgehead atoms. The van der Waals surface area contributed by atoms with E-state index >= 15 is 0 Å². The number of hydrogen-bond donors (Lipinski definition) is 4. The number of carbonyl (C=O) groups is 4. The maximum Gasteiger partial charge on any atom is 0.329 e. The molecule has 0 spiro atoms. The number of cyclic esters (lactones) is 1. The maximum atomic E-state index is 14.4. The molecule has 0 aromatic heterocycles. The van der Waals surface area contributed by atoms with E-state index in [2.05, 4.69) is 0 Å². The summed E-state index contributed by atoms with van der Waals surface area (Å²) in [5.74, 6) is -7.33. The van der Waals surface area contributed by atoms with E-state index in [0.29, 0.717) is 63.4 Å². The average molecular weight is 916 g/mol. The van der Waals surface area contributed by atoms with E-state index in [1.165, 1.54) is 12.0 Å². The highest BCUT2D eigenvalue weighted by Crippen LogP contribution is 2.37. The normalized spacial score (nSPS) is 40.5. The van der Waals surface area contributed by atoms with Gasteiger partial charge in [0, 0.05) is 58.5 Å². The molecule has 0 unspecified atom stereocenters. The first-order chi connectivity index (χ1) is 30.7. The summed E-state index contributed by atoms with van der Waals surface area (Å²) in [6.07, 6.45) is 11.0. The number of Topliss-reactive ketones (excluding diaryl/α,β-unsaturated/α-hetero) is 2. The van der Waals surface area contributed by atoms with Crippen molar-refractivity contribution in [1.82, 2.24) is 4.90 Å². The Kier molecular flexibility index (Phi) is 21.3. The highest BCUT2D eigenvalue weighted by Gasteiger charge is 2.53.